The normalized spacial score (nSPS) is 15.2. The van der Waals surface area contributed by atoms with Crippen LogP contribution in [-0.4, -0.2) is 5.66 Å². The van der Waals surface area contributed by atoms with Crippen molar-refractivity contribution < 1.29 is 13.6 Å². The Kier molecular flexibility index (Phi) is 6.00. The van der Waals surface area contributed by atoms with Crippen LogP contribution in [0.25, 0.3) is 12.2 Å². The highest BCUT2D eigenvalue weighted by molar-refractivity contribution is 7.55. The van der Waals surface area contributed by atoms with E-state index in [1.54, 1.807) is 12.2 Å². The molecule has 0 bridgehead atoms. The zero-order valence-corrected chi connectivity index (χ0v) is 15.9. The van der Waals surface area contributed by atoms with E-state index >= 15 is 0 Å². The highest BCUT2D eigenvalue weighted by atomic mass is 31.2. The van der Waals surface area contributed by atoms with Crippen molar-refractivity contribution in [1.29, 1.82) is 0 Å². The molecule has 0 atom stereocenters. The summed E-state index contributed by atoms with van der Waals surface area (Å²) in [5.74, 6) is 1.10. The van der Waals surface area contributed by atoms with Gasteiger partial charge in [0.25, 0.3) is 0 Å². The van der Waals surface area contributed by atoms with Gasteiger partial charge in [0, 0.05) is 11.1 Å². The monoisotopic (exact) mass is 368 g/mol. The number of hydrogen-bond acceptors (Lipinski definition) is 3. The van der Waals surface area contributed by atoms with Crippen molar-refractivity contribution in [2.45, 2.75) is 37.8 Å². The molecule has 0 amide bonds. The third-order valence-corrected chi connectivity index (χ3v) is 7.06. The Labute approximate surface area is 155 Å². The second-order valence-corrected chi connectivity index (χ2v) is 8.67. The Morgan fingerprint density at radius 1 is 0.808 bits per heavy atom. The van der Waals surface area contributed by atoms with Crippen LogP contribution < -0.4 is 9.05 Å². The molecule has 1 aliphatic carbocycles. The highest BCUT2D eigenvalue weighted by Gasteiger charge is 2.40. The minimum Gasteiger partial charge on any atom is -0.415 e. The molecule has 26 heavy (non-hydrogen) atoms. The molecule has 136 valence electrons. The third kappa shape index (κ3) is 4.11. The van der Waals surface area contributed by atoms with Gasteiger partial charge in [-0.3, -0.25) is 0 Å². The summed E-state index contributed by atoms with van der Waals surface area (Å²) in [6, 6.07) is 15.0. The molecule has 0 spiro atoms. The van der Waals surface area contributed by atoms with Crippen LogP contribution in [0.15, 0.2) is 61.7 Å². The molecule has 1 fully saturated rings. The van der Waals surface area contributed by atoms with E-state index in [4.69, 9.17) is 9.05 Å². The maximum Gasteiger partial charge on any atom is 0.433 e. The van der Waals surface area contributed by atoms with Crippen molar-refractivity contribution >= 4 is 19.7 Å². The fourth-order valence-electron chi connectivity index (χ4n) is 3.30. The van der Waals surface area contributed by atoms with Crippen LogP contribution in [0, 0.1) is 0 Å². The van der Waals surface area contributed by atoms with Gasteiger partial charge in [0.1, 0.15) is 11.5 Å². The van der Waals surface area contributed by atoms with Crippen molar-refractivity contribution in [3.8, 4) is 11.5 Å². The van der Waals surface area contributed by atoms with Crippen LogP contribution in [0.3, 0.4) is 0 Å². The summed E-state index contributed by atoms with van der Waals surface area (Å²) in [5, 5.41) is 0. The molecule has 0 aromatic heterocycles. The minimum absolute atomic E-state index is 0.105. The first-order valence-corrected chi connectivity index (χ1v) is 10.7. The van der Waals surface area contributed by atoms with Gasteiger partial charge in [0.2, 0.25) is 0 Å². The van der Waals surface area contributed by atoms with Crippen LogP contribution in [0.1, 0.15) is 43.2 Å². The largest absolute Gasteiger partial charge is 0.433 e. The van der Waals surface area contributed by atoms with Gasteiger partial charge in [0.15, 0.2) is 0 Å². The molecule has 0 radical (unpaired) electrons. The van der Waals surface area contributed by atoms with E-state index < -0.39 is 7.60 Å². The lowest BCUT2D eigenvalue weighted by Crippen LogP contribution is -2.20. The summed E-state index contributed by atoms with van der Waals surface area (Å²) >= 11 is 0. The minimum atomic E-state index is -3.41. The van der Waals surface area contributed by atoms with E-state index in [2.05, 4.69) is 13.2 Å². The van der Waals surface area contributed by atoms with Gasteiger partial charge < -0.3 is 9.05 Å². The molecule has 2 aromatic rings. The molecule has 0 N–H and O–H groups in total. The molecule has 0 saturated heterocycles. The van der Waals surface area contributed by atoms with Crippen LogP contribution in [0.2, 0.25) is 0 Å². The van der Waals surface area contributed by atoms with E-state index in [1.807, 2.05) is 48.5 Å². The zero-order chi connectivity index (χ0) is 18.4. The second-order valence-electron chi connectivity index (χ2n) is 6.50. The van der Waals surface area contributed by atoms with Crippen molar-refractivity contribution in [2.75, 3.05) is 0 Å². The quantitative estimate of drug-likeness (QED) is 0.496. The lowest BCUT2D eigenvalue weighted by Gasteiger charge is -2.30. The number of hydrogen-bond donors (Lipinski definition) is 0. The standard InChI is InChI=1S/C22H25O3P/c1-3-18-12-8-10-16-21(18)24-26(23,20-14-6-5-7-15-20)25-22-17-11-9-13-19(22)4-2/h3-4,8-13,16-17,20H,1-2,5-7,14-15H2. The first-order chi connectivity index (χ1) is 12.7. The van der Waals surface area contributed by atoms with E-state index in [-0.39, 0.29) is 5.66 Å². The van der Waals surface area contributed by atoms with Gasteiger partial charge >= 0.3 is 7.60 Å². The molecule has 3 nitrogen and oxygen atoms in total. The van der Waals surface area contributed by atoms with Crippen LogP contribution in [0.4, 0.5) is 0 Å². The molecule has 0 unspecified atom stereocenters. The second kappa shape index (κ2) is 8.42. The molecule has 1 aliphatic rings. The molecule has 3 rings (SSSR count). The topological polar surface area (TPSA) is 35.5 Å². The molecule has 4 heteroatoms. The average molecular weight is 368 g/mol. The van der Waals surface area contributed by atoms with Crippen LogP contribution >= 0.6 is 7.60 Å². The van der Waals surface area contributed by atoms with Gasteiger partial charge in [0.05, 0.1) is 5.66 Å². The SMILES string of the molecule is C=Cc1ccccc1OP(=O)(Oc1ccccc1C=C)C1CCCCC1. The summed E-state index contributed by atoms with van der Waals surface area (Å²) in [6.07, 6.45) is 8.38. The van der Waals surface area contributed by atoms with Crippen molar-refractivity contribution in [2.24, 2.45) is 0 Å². The predicted molar refractivity (Wildman–Crippen MR) is 109 cm³/mol. The van der Waals surface area contributed by atoms with Crippen molar-refractivity contribution in [3.63, 3.8) is 0 Å². The lowest BCUT2D eigenvalue weighted by molar-refractivity contribution is 0.349. The van der Waals surface area contributed by atoms with Crippen molar-refractivity contribution in [1.82, 2.24) is 0 Å². The number of para-hydroxylation sites is 2. The van der Waals surface area contributed by atoms with Gasteiger partial charge in [-0.1, -0.05) is 81.0 Å². The fourth-order valence-corrected chi connectivity index (χ4v) is 5.52. The molecular formula is C22H25O3P. The van der Waals surface area contributed by atoms with Gasteiger partial charge in [-0.2, -0.15) is 0 Å². The van der Waals surface area contributed by atoms with Gasteiger partial charge in [-0.15, -0.1) is 0 Å². The van der Waals surface area contributed by atoms with E-state index in [9.17, 15) is 4.57 Å². The average Bonchev–Trinajstić information content (AvgIpc) is 2.69. The Balaban J connectivity index is 1.97. The zero-order valence-electron chi connectivity index (χ0n) is 15.0. The molecular weight excluding hydrogens is 343 g/mol. The summed E-state index contributed by atoms with van der Waals surface area (Å²) in [4.78, 5) is 0. The first kappa shape index (κ1) is 18.5. The van der Waals surface area contributed by atoms with Crippen molar-refractivity contribution in [3.05, 3.63) is 72.8 Å². The smallest absolute Gasteiger partial charge is 0.415 e. The molecule has 0 aliphatic heterocycles. The third-order valence-electron chi connectivity index (χ3n) is 4.75. The van der Waals surface area contributed by atoms with Crippen LogP contribution in [-0.2, 0) is 4.57 Å². The fraction of sp³-hybridized carbons (Fsp3) is 0.273. The Hall–Kier alpha value is -2.25. The number of benzene rings is 2. The lowest BCUT2D eigenvalue weighted by atomic mass is 10.0. The van der Waals surface area contributed by atoms with Crippen LogP contribution in [0.5, 0.6) is 11.5 Å². The Bertz CT molecular complexity index is 764. The Morgan fingerprint density at radius 3 is 1.73 bits per heavy atom. The number of rotatable bonds is 7. The highest BCUT2D eigenvalue weighted by Crippen LogP contribution is 2.57. The summed E-state index contributed by atoms with van der Waals surface area (Å²) in [6.45, 7) is 7.64. The summed E-state index contributed by atoms with van der Waals surface area (Å²) in [5.41, 5.74) is 1.51. The Morgan fingerprint density at radius 2 is 1.27 bits per heavy atom. The van der Waals surface area contributed by atoms with Gasteiger partial charge in [-0.05, 0) is 25.0 Å². The molecule has 2 aromatic carbocycles. The van der Waals surface area contributed by atoms with Gasteiger partial charge in [-0.25, -0.2) is 4.57 Å². The summed E-state index contributed by atoms with van der Waals surface area (Å²) in [7, 11) is -3.41. The molecule has 1 saturated carbocycles. The molecule has 0 heterocycles. The van der Waals surface area contributed by atoms with E-state index in [1.165, 1.54) is 6.42 Å². The first-order valence-electron chi connectivity index (χ1n) is 9.08. The maximum atomic E-state index is 13.9. The summed E-state index contributed by atoms with van der Waals surface area (Å²) < 4.78 is 26.1. The maximum absolute atomic E-state index is 13.9. The van der Waals surface area contributed by atoms with E-state index in [0.717, 1.165) is 36.8 Å². The van der Waals surface area contributed by atoms with E-state index in [0.29, 0.717) is 11.5 Å². The predicted octanol–water partition coefficient (Wildman–Crippen LogP) is 6.96.